The highest BCUT2D eigenvalue weighted by Crippen LogP contribution is 2.38. The lowest BCUT2D eigenvalue weighted by Crippen LogP contribution is -2.37. The van der Waals surface area contributed by atoms with Crippen molar-refractivity contribution in [2.75, 3.05) is 47.5 Å². The van der Waals surface area contributed by atoms with Crippen molar-refractivity contribution in [3.63, 3.8) is 0 Å². The van der Waals surface area contributed by atoms with Crippen LogP contribution in [-0.2, 0) is 32.7 Å². The molecule has 2 unspecified atom stereocenters. The Balaban J connectivity index is 4.34. The fourth-order valence-electron chi connectivity index (χ4n) is 5.93. The highest BCUT2D eigenvalue weighted by molar-refractivity contribution is 7.45. The highest BCUT2D eigenvalue weighted by Gasteiger charge is 2.21. The monoisotopic (exact) mass is 874 g/mol. The summed E-state index contributed by atoms with van der Waals surface area (Å²) < 4.78 is 33.9. The SMILES string of the molecule is CC/C=C\C/C=C\C/C=C\C/C=C\C/C=C\CCCCCCCCCC(=O)OC(COC(=O)CCCCCCC/C=C\C/C=C\CCCC)COP(=O)([O-])OCC[N+](C)(C)C. The summed E-state index contributed by atoms with van der Waals surface area (Å²) in [7, 11) is 1.13. The molecule has 0 aromatic rings. The van der Waals surface area contributed by atoms with Gasteiger partial charge in [-0.3, -0.25) is 14.2 Å². The zero-order valence-corrected chi connectivity index (χ0v) is 40.2. The third-order valence-corrected chi connectivity index (χ3v) is 10.6. The Morgan fingerprint density at radius 2 is 0.934 bits per heavy atom. The quantitative estimate of drug-likeness (QED) is 0.0196. The molecule has 0 aromatic carbocycles. The first kappa shape index (κ1) is 58.2. The van der Waals surface area contributed by atoms with E-state index in [4.69, 9.17) is 18.5 Å². The van der Waals surface area contributed by atoms with Crippen LogP contribution < -0.4 is 4.89 Å². The number of phosphoric ester groups is 1. The molecule has 0 aliphatic heterocycles. The van der Waals surface area contributed by atoms with Gasteiger partial charge in [-0.15, -0.1) is 0 Å². The summed E-state index contributed by atoms with van der Waals surface area (Å²) in [6, 6.07) is 0. The van der Waals surface area contributed by atoms with Gasteiger partial charge in [-0.25, -0.2) is 0 Å². The molecule has 0 aliphatic rings. The van der Waals surface area contributed by atoms with Crippen molar-refractivity contribution in [2.45, 2.75) is 180 Å². The second kappa shape index (κ2) is 42.5. The van der Waals surface area contributed by atoms with Crippen LogP contribution in [0.4, 0.5) is 0 Å². The Bertz CT molecular complexity index is 1310. The molecule has 0 rings (SSSR count). The van der Waals surface area contributed by atoms with Crippen LogP contribution >= 0.6 is 7.82 Å². The van der Waals surface area contributed by atoms with Gasteiger partial charge in [0.05, 0.1) is 27.7 Å². The van der Waals surface area contributed by atoms with Crippen molar-refractivity contribution in [3.8, 4) is 0 Å². The minimum atomic E-state index is -4.64. The fourth-order valence-corrected chi connectivity index (χ4v) is 6.66. The molecule has 61 heavy (non-hydrogen) atoms. The summed E-state index contributed by atoms with van der Waals surface area (Å²) >= 11 is 0. The molecule has 10 heteroatoms. The van der Waals surface area contributed by atoms with E-state index in [1.54, 1.807) is 0 Å². The van der Waals surface area contributed by atoms with Gasteiger partial charge >= 0.3 is 11.9 Å². The molecule has 0 radical (unpaired) electrons. The number of allylic oxidation sites excluding steroid dienone is 14. The molecule has 0 amide bonds. The van der Waals surface area contributed by atoms with Crippen molar-refractivity contribution >= 4 is 19.8 Å². The number of esters is 2. The van der Waals surface area contributed by atoms with Gasteiger partial charge < -0.3 is 27.9 Å². The predicted molar refractivity (Wildman–Crippen MR) is 254 cm³/mol. The van der Waals surface area contributed by atoms with E-state index in [-0.39, 0.29) is 26.1 Å². The fraction of sp³-hybridized carbons (Fsp3) is 0.686. The summed E-state index contributed by atoms with van der Waals surface area (Å²) in [6.07, 6.45) is 54.6. The largest absolute Gasteiger partial charge is 0.756 e. The lowest BCUT2D eigenvalue weighted by molar-refractivity contribution is -0.870. The van der Waals surface area contributed by atoms with Crippen molar-refractivity contribution < 1.29 is 42.1 Å². The lowest BCUT2D eigenvalue weighted by atomic mass is 10.1. The van der Waals surface area contributed by atoms with Crippen LogP contribution in [0.15, 0.2) is 85.1 Å². The highest BCUT2D eigenvalue weighted by atomic mass is 31.2. The maximum atomic E-state index is 12.7. The second-order valence-corrected chi connectivity index (χ2v) is 18.1. The van der Waals surface area contributed by atoms with Crippen molar-refractivity contribution in [1.82, 2.24) is 0 Å². The first-order valence-electron chi connectivity index (χ1n) is 23.8. The zero-order valence-electron chi connectivity index (χ0n) is 39.3. The Morgan fingerprint density at radius 3 is 1.39 bits per heavy atom. The van der Waals surface area contributed by atoms with E-state index in [9.17, 15) is 19.0 Å². The average Bonchev–Trinajstić information content (AvgIpc) is 3.21. The van der Waals surface area contributed by atoms with Crippen LogP contribution in [0.25, 0.3) is 0 Å². The van der Waals surface area contributed by atoms with Crippen LogP contribution in [-0.4, -0.2) is 70.0 Å². The molecule has 0 saturated heterocycles. The zero-order chi connectivity index (χ0) is 45.0. The number of ether oxygens (including phenoxy) is 2. The number of unbranched alkanes of at least 4 members (excludes halogenated alkanes) is 14. The average molecular weight is 874 g/mol. The number of carbonyl (C=O) groups excluding carboxylic acids is 2. The summed E-state index contributed by atoms with van der Waals surface area (Å²) in [5.41, 5.74) is 0. The van der Waals surface area contributed by atoms with Gasteiger partial charge in [0.25, 0.3) is 7.82 Å². The van der Waals surface area contributed by atoms with Crippen molar-refractivity contribution in [3.05, 3.63) is 85.1 Å². The van der Waals surface area contributed by atoms with E-state index in [1.807, 2.05) is 21.1 Å². The number of nitrogens with zero attached hydrogens (tertiary/aromatic N) is 1. The molecule has 0 bridgehead atoms. The van der Waals surface area contributed by atoms with Gasteiger partial charge in [0.1, 0.15) is 19.8 Å². The predicted octanol–water partition coefficient (Wildman–Crippen LogP) is 13.3. The third-order valence-electron chi connectivity index (χ3n) is 9.65. The summed E-state index contributed by atoms with van der Waals surface area (Å²) in [6.45, 7) is 4.03. The molecule has 0 fully saturated rings. The minimum Gasteiger partial charge on any atom is -0.756 e. The van der Waals surface area contributed by atoms with Gasteiger partial charge in [-0.1, -0.05) is 163 Å². The van der Waals surface area contributed by atoms with Gasteiger partial charge in [0.15, 0.2) is 6.10 Å². The Kier molecular flexibility index (Phi) is 40.5. The first-order chi connectivity index (χ1) is 29.5. The molecule has 350 valence electrons. The van der Waals surface area contributed by atoms with E-state index in [2.05, 4.69) is 98.9 Å². The maximum absolute atomic E-state index is 12.7. The van der Waals surface area contributed by atoms with Crippen LogP contribution in [0.3, 0.4) is 0 Å². The van der Waals surface area contributed by atoms with Crippen LogP contribution in [0.2, 0.25) is 0 Å². The van der Waals surface area contributed by atoms with Gasteiger partial charge in [0, 0.05) is 12.8 Å². The standard InChI is InChI=1S/C51H88NO8P/c1-6-8-10-12-14-16-18-20-22-23-24-25-26-27-28-29-30-32-34-36-38-40-42-44-51(54)60-49(48-59-61(55,56)58-46-45-52(3,4)5)47-57-50(53)43-41-39-37-35-33-31-21-19-17-15-13-11-9-7-2/h8,10,13-16,19-22,24-25,27-28,49H,6-7,9,11-12,17-18,23,26,29-48H2,1-5H3/b10-8-,15-13-,16-14-,21-19-,22-20-,25-24-,28-27-. The minimum absolute atomic E-state index is 0.0402. The van der Waals surface area contributed by atoms with E-state index in [1.165, 1.54) is 32.1 Å². The molecule has 0 saturated carbocycles. The number of hydrogen-bond donors (Lipinski definition) is 0. The van der Waals surface area contributed by atoms with Crippen LogP contribution in [0.5, 0.6) is 0 Å². The van der Waals surface area contributed by atoms with E-state index < -0.39 is 32.5 Å². The Hall–Kier alpha value is -2.81. The molecular formula is C51H88NO8P. The van der Waals surface area contributed by atoms with E-state index in [0.717, 1.165) is 103 Å². The van der Waals surface area contributed by atoms with Crippen LogP contribution in [0.1, 0.15) is 174 Å². The number of rotatable bonds is 42. The molecular weight excluding hydrogens is 786 g/mol. The number of likely N-dealkylation sites (N-methyl/N-ethyl adjacent to an activating group) is 1. The van der Waals surface area contributed by atoms with Gasteiger partial charge in [-0.2, -0.15) is 0 Å². The Labute approximate surface area is 373 Å². The molecule has 0 heterocycles. The lowest BCUT2D eigenvalue weighted by Gasteiger charge is -2.28. The molecule has 0 aromatic heterocycles. The second-order valence-electron chi connectivity index (χ2n) is 16.7. The van der Waals surface area contributed by atoms with Crippen LogP contribution in [0, 0.1) is 0 Å². The Morgan fingerprint density at radius 1 is 0.525 bits per heavy atom. The first-order valence-corrected chi connectivity index (χ1v) is 25.3. The van der Waals surface area contributed by atoms with E-state index in [0.29, 0.717) is 23.9 Å². The van der Waals surface area contributed by atoms with Crippen molar-refractivity contribution in [1.29, 1.82) is 0 Å². The van der Waals surface area contributed by atoms with E-state index >= 15 is 0 Å². The molecule has 0 N–H and O–H groups in total. The third kappa shape index (κ3) is 46.5. The number of hydrogen-bond acceptors (Lipinski definition) is 8. The topological polar surface area (TPSA) is 111 Å². The smallest absolute Gasteiger partial charge is 0.306 e. The summed E-state index contributed by atoms with van der Waals surface area (Å²) in [5.74, 6) is -0.870. The number of carbonyl (C=O) groups is 2. The molecule has 2 atom stereocenters. The summed E-state index contributed by atoms with van der Waals surface area (Å²) in [5, 5.41) is 0. The maximum Gasteiger partial charge on any atom is 0.306 e. The molecule has 0 spiro atoms. The van der Waals surface area contributed by atoms with Gasteiger partial charge in [0.2, 0.25) is 0 Å². The summed E-state index contributed by atoms with van der Waals surface area (Å²) in [4.78, 5) is 37.6. The number of quaternary nitrogens is 1. The molecule has 9 nitrogen and oxygen atoms in total. The molecule has 0 aliphatic carbocycles. The van der Waals surface area contributed by atoms with Crippen molar-refractivity contribution in [2.24, 2.45) is 0 Å². The number of phosphoric acid groups is 1. The van der Waals surface area contributed by atoms with Gasteiger partial charge in [-0.05, 0) is 83.5 Å². The normalized spacial score (nSPS) is 14.3.